The second kappa shape index (κ2) is 9.82. The van der Waals surface area contributed by atoms with Gasteiger partial charge in [0.05, 0.1) is 12.7 Å². The average molecular weight is 475 g/mol. The molecule has 0 radical (unpaired) electrons. The minimum Gasteiger partial charge on any atom is -0.495 e. The first kappa shape index (κ1) is 24.3. The molecule has 0 fully saturated rings. The first-order valence-corrected chi connectivity index (χ1v) is 11.6. The number of aryl methyl sites for hydroxylation is 1. The zero-order valence-electron chi connectivity index (χ0n) is 20.8. The van der Waals surface area contributed by atoms with Crippen LogP contribution in [0.25, 0.3) is 0 Å². The molecule has 1 heterocycles. The summed E-state index contributed by atoms with van der Waals surface area (Å²) in [6, 6.07) is 16.9. The lowest BCUT2D eigenvalue weighted by Gasteiger charge is -2.23. The largest absolute Gasteiger partial charge is 0.495 e. The predicted octanol–water partition coefficient (Wildman–Crippen LogP) is 6.66. The highest BCUT2D eigenvalue weighted by Crippen LogP contribution is 2.43. The maximum atomic E-state index is 13.1. The molecular weight excluding hydrogens is 444 g/mol. The zero-order chi connectivity index (χ0) is 25.2. The molecule has 3 aromatic carbocycles. The van der Waals surface area contributed by atoms with E-state index >= 15 is 0 Å². The van der Waals surface area contributed by atoms with E-state index in [0.29, 0.717) is 35.7 Å². The fourth-order valence-corrected chi connectivity index (χ4v) is 4.06. The minimum absolute atomic E-state index is 0.000301. The molecular formula is C29H30O6. The molecule has 0 atom stereocenters. The van der Waals surface area contributed by atoms with Crippen LogP contribution in [0.15, 0.2) is 54.6 Å². The Morgan fingerprint density at radius 1 is 1.06 bits per heavy atom. The van der Waals surface area contributed by atoms with E-state index in [4.69, 9.17) is 18.9 Å². The number of carbonyl (C=O) groups excluding carboxylic acids is 2. The van der Waals surface area contributed by atoms with E-state index in [2.05, 4.69) is 0 Å². The average Bonchev–Trinajstić information content (AvgIpc) is 2.80. The van der Waals surface area contributed by atoms with E-state index in [0.717, 1.165) is 11.1 Å². The third kappa shape index (κ3) is 5.48. The summed E-state index contributed by atoms with van der Waals surface area (Å²) >= 11 is 0. The van der Waals surface area contributed by atoms with Crippen LogP contribution in [0.1, 0.15) is 64.6 Å². The van der Waals surface area contributed by atoms with Gasteiger partial charge in [-0.05, 0) is 47.7 Å². The molecule has 0 spiro atoms. The SMILES string of the molecule is COc1c(C(=O)CC(C)(C)C)ccc2c1C(=O)OCc1cc(C)cc(OCc3ccccc3)c1O2. The number of ether oxygens (including phenoxy) is 4. The van der Waals surface area contributed by atoms with Crippen LogP contribution < -0.4 is 14.2 Å². The Labute approximate surface area is 205 Å². The van der Waals surface area contributed by atoms with E-state index in [9.17, 15) is 9.59 Å². The van der Waals surface area contributed by atoms with Gasteiger partial charge in [0.1, 0.15) is 30.3 Å². The fraction of sp³-hybridized carbons (Fsp3) is 0.310. The number of rotatable bonds is 6. The number of carbonyl (C=O) groups is 2. The summed E-state index contributed by atoms with van der Waals surface area (Å²) in [5.74, 6) is 0.685. The molecule has 0 aliphatic carbocycles. The first-order valence-electron chi connectivity index (χ1n) is 11.6. The molecule has 6 nitrogen and oxygen atoms in total. The van der Waals surface area contributed by atoms with Crippen LogP contribution >= 0.6 is 0 Å². The van der Waals surface area contributed by atoms with Gasteiger partial charge in [0.25, 0.3) is 0 Å². The van der Waals surface area contributed by atoms with Crippen LogP contribution in [-0.2, 0) is 18.0 Å². The molecule has 0 amide bonds. The Morgan fingerprint density at radius 3 is 2.49 bits per heavy atom. The van der Waals surface area contributed by atoms with Crippen LogP contribution in [0.2, 0.25) is 0 Å². The van der Waals surface area contributed by atoms with E-state index in [-0.39, 0.29) is 34.9 Å². The van der Waals surface area contributed by atoms with Gasteiger partial charge in [-0.3, -0.25) is 4.79 Å². The quantitative estimate of drug-likeness (QED) is 0.294. The number of methoxy groups -OCH3 is 1. The number of hydrogen-bond donors (Lipinski definition) is 0. The Hall–Kier alpha value is -3.80. The Bertz CT molecular complexity index is 1250. The molecule has 0 aromatic heterocycles. The summed E-state index contributed by atoms with van der Waals surface area (Å²) in [5, 5.41) is 0. The summed E-state index contributed by atoms with van der Waals surface area (Å²) in [7, 11) is 1.43. The van der Waals surface area contributed by atoms with E-state index in [1.807, 2.05) is 70.2 Å². The second-order valence-electron chi connectivity index (χ2n) is 9.88. The minimum atomic E-state index is -0.610. The topological polar surface area (TPSA) is 71.1 Å². The van der Waals surface area contributed by atoms with Gasteiger partial charge in [0.2, 0.25) is 0 Å². The third-order valence-electron chi connectivity index (χ3n) is 5.60. The van der Waals surface area contributed by atoms with Crippen LogP contribution in [-0.4, -0.2) is 18.9 Å². The van der Waals surface area contributed by atoms with Gasteiger partial charge >= 0.3 is 5.97 Å². The van der Waals surface area contributed by atoms with Gasteiger partial charge in [-0.2, -0.15) is 0 Å². The van der Waals surface area contributed by atoms with Gasteiger partial charge in [0.15, 0.2) is 17.3 Å². The molecule has 0 unspecified atom stereocenters. The van der Waals surface area contributed by atoms with Crippen molar-refractivity contribution in [3.63, 3.8) is 0 Å². The van der Waals surface area contributed by atoms with Crippen molar-refractivity contribution in [2.75, 3.05) is 7.11 Å². The molecule has 35 heavy (non-hydrogen) atoms. The van der Waals surface area contributed by atoms with Gasteiger partial charge in [-0.15, -0.1) is 0 Å². The Kier molecular flexibility index (Phi) is 6.83. The highest BCUT2D eigenvalue weighted by molar-refractivity contribution is 6.05. The van der Waals surface area contributed by atoms with E-state index in [1.165, 1.54) is 7.11 Å². The van der Waals surface area contributed by atoms with Crippen molar-refractivity contribution in [3.8, 4) is 23.0 Å². The smallest absolute Gasteiger partial charge is 0.346 e. The van der Waals surface area contributed by atoms with Gasteiger partial charge < -0.3 is 18.9 Å². The summed E-state index contributed by atoms with van der Waals surface area (Å²) in [4.78, 5) is 26.1. The second-order valence-corrected chi connectivity index (χ2v) is 9.88. The standard InChI is InChI=1S/C29H30O6/c1-18-13-20-17-34-28(31)25-23(12-11-21(27(25)32-5)22(30)15-29(2,3)4)35-26(20)24(14-18)33-16-19-9-7-6-8-10-19/h6-14H,15-17H2,1-5H3. The van der Waals surface area contributed by atoms with Crippen LogP contribution in [0.4, 0.5) is 0 Å². The number of esters is 1. The van der Waals surface area contributed by atoms with Crippen molar-refractivity contribution in [1.29, 1.82) is 0 Å². The molecule has 0 saturated carbocycles. The van der Waals surface area contributed by atoms with Crippen molar-refractivity contribution in [3.05, 3.63) is 82.4 Å². The van der Waals surface area contributed by atoms with Crippen molar-refractivity contribution in [2.24, 2.45) is 5.41 Å². The molecule has 4 rings (SSSR count). The van der Waals surface area contributed by atoms with Gasteiger partial charge in [-0.1, -0.05) is 51.1 Å². The normalized spacial score (nSPS) is 12.9. The number of cyclic esters (lactones) is 1. The fourth-order valence-electron chi connectivity index (χ4n) is 4.06. The van der Waals surface area contributed by atoms with Gasteiger partial charge in [-0.25, -0.2) is 4.79 Å². The van der Waals surface area contributed by atoms with Crippen molar-refractivity contribution in [1.82, 2.24) is 0 Å². The predicted molar refractivity (Wildman–Crippen MR) is 133 cm³/mol. The highest BCUT2D eigenvalue weighted by Gasteiger charge is 2.31. The molecule has 1 aliphatic rings. The number of hydrogen-bond acceptors (Lipinski definition) is 6. The number of fused-ring (bicyclic) bond motifs is 2. The monoisotopic (exact) mass is 474 g/mol. The van der Waals surface area contributed by atoms with Crippen LogP contribution in [0.5, 0.6) is 23.0 Å². The zero-order valence-corrected chi connectivity index (χ0v) is 20.8. The van der Waals surface area contributed by atoms with E-state index in [1.54, 1.807) is 12.1 Å². The van der Waals surface area contributed by atoms with Crippen molar-refractivity contribution in [2.45, 2.75) is 47.3 Å². The summed E-state index contributed by atoms with van der Waals surface area (Å²) in [6.07, 6.45) is 0.303. The summed E-state index contributed by atoms with van der Waals surface area (Å²) in [5.41, 5.74) is 2.86. The third-order valence-corrected chi connectivity index (χ3v) is 5.60. The molecule has 1 aliphatic heterocycles. The maximum absolute atomic E-state index is 13.1. The number of benzene rings is 3. The van der Waals surface area contributed by atoms with Crippen molar-refractivity contribution < 1.29 is 28.5 Å². The molecule has 3 aromatic rings. The van der Waals surface area contributed by atoms with Crippen molar-refractivity contribution >= 4 is 11.8 Å². The molecule has 6 heteroatoms. The summed E-state index contributed by atoms with van der Waals surface area (Å²) in [6.45, 7) is 8.26. The maximum Gasteiger partial charge on any atom is 0.346 e. The number of ketones is 1. The van der Waals surface area contributed by atoms with Gasteiger partial charge in [0, 0.05) is 12.0 Å². The Balaban J connectivity index is 1.75. The lowest BCUT2D eigenvalue weighted by Crippen LogP contribution is -2.17. The Morgan fingerprint density at radius 2 is 1.80 bits per heavy atom. The molecule has 0 N–H and O–H groups in total. The molecule has 0 bridgehead atoms. The van der Waals surface area contributed by atoms with Crippen LogP contribution in [0.3, 0.4) is 0 Å². The first-order chi connectivity index (χ1) is 16.7. The number of Topliss-reactive ketones (excluding diaryl/α,β-unsaturated/α-hetero) is 1. The van der Waals surface area contributed by atoms with Crippen LogP contribution in [0, 0.1) is 12.3 Å². The summed E-state index contributed by atoms with van der Waals surface area (Å²) < 4.78 is 23.6. The molecule has 182 valence electrons. The lowest BCUT2D eigenvalue weighted by atomic mass is 9.87. The molecule has 0 saturated heterocycles. The highest BCUT2D eigenvalue weighted by atomic mass is 16.6. The lowest BCUT2D eigenvalue weighted by molar-refractivity contribution is 0.0454. The van der Waals surface area contributed by atoms with E-state index < -0.39 is 5.97 Å².